The van der Waals surface area contributed by atoms with Crippen molar-refractivity contribution in [2.75, 3.05) is 0 Å². The summed E-state index contributed by atoms with van der Waals surface area (Å²) in [4.78, 5) is 12.5. The topological polar surface area (TPSA) is 41.1 Å². The lowest BCUT2D eigenvalue weighted by atomic mass is 9.93. The van der Waals surface area contributed by atoms with Gasteiger partial charge in [-0.15, -0.1) is 11.3 Å². The highest BCUT2D eigenvalue weighted by molar-refractivity contribution is 7.09. The van der Waals surface area contributed by atoms with Gasteiger partial charge in [-0.25, -0.2) is 4.79 Å². The second-order valence-electron chi connectivity index (χ2n) is 3.53. The van der Waals surface area contributed by atoms with Crippen LogP contribution in [-0.2, 0) is 6.54 Å². The van der Waals surface area contributed by atoms with E-state index < -0.39 is 0 Å². The molecule has 1 aliphatic carbocycles. The maximum atomic E-state index is 11.3. The summed E-state index contributed by atoms with van der Waals surface area (Å²) in [6.45, 7) is 0.635. The van der Waals surface area contributed by atoms with E-state index in [0.717, 1.165) is 12.8 Å². The van der Waals surface area contributed by atoms with Gasteiger partial charge < -0.3 is 10.6 Å². The van der Waals surface area contributed by atoms with Crippen LogP contribution < -0.4 is 10.6 Å². The van der Waals surface area contributed by atoms with E-state index in [0.29, 0.717) is 12.6 Å². The summed E-state index contributed by atoms with van der Waals surface area (Å²) < 4.78 is 0. The first-order valence-electron chi connectivity index (χ1n) is 4.91. The fourth-order valence-corrected chi connectivity index (χ4v) is 2.01. The van der Waals surface area contributed by atoms with Crippen LogP contribution in [0.4, 0.5) is 4.79 Å². The Morgan fingerprint density at radius 2 is 2.43 bits per heavy atom. The molecule has 1 aromatic heterocycles. The molecule has 2 N–H and O–H groups in total. The normalized spacial score (nSPS) is 16.0. The van der Waals surface area contributed by atoms with Crippen molar-refractivity contribution in [3.05, 3.63) is 22.4 Å². The van der Waals surface area contributed by atoms with E-state index in [9.17, 15) is 4.79 Å². The molecule has 0 spiro atoms. The van der Waals surface area contributed by atoms with Crippen LogP contribution in [0.3, 0.4) is 0 Å². The molecule has 1 saturated carbocycles. The molecule has 1 fully saturated rings. The first kappa shape index (κ1) is 9.52. The SMILES string of the molecule is O=C(NCc1cccs1)NC1CCC1. The van der Waals surface area contributed by atoms with Crippen molar-refractivity contribution in [3.8, 4) is 0 Å². The minimum Gasteiger partial charge on any atom is -0.335 e. The Hall–Kier alpha value is -1.03. The van der Waals surface area contributed by atoms with Gasteiger partial charge in [0.2, 0.25) is 0 Å². The van der Waals surface area contributed by atoms with Crippen molar-refractivity contribution in [1.82, 2.24) is 10.6 Å². The quantitative estimate of drug-likeness (QED) is 0.788. The zero-order chi connectivity index (χ0) is 9.80. The van der Waals surface area contributed by atoms with E-state index in [-0.39, 0.29) is 6.03 Å². The number of thiophene rings is 1. The molecule has 0 saturated heterocycles. The van der Waals surface area contributed by atoms with Crippen molar-refractivity contribution >= 4 is 17.4 Å². The number of amides is 2. The average molecular weight is 210 g/mol. The number of hydrogen-bond donors (Lipinski definition) is 2. The van der Waals surface area contributed by atoms with Crippen molar-refractivity contribution in [1.29, 1.82) is 0 Å². The summed E-state index contributed by atoms with van der Waals surface area (Å²) in [5.41, 5.74) is 0. The molecule has 14 heavy (non-hydrogen) atoms. The van der Waals surface area contributed by atoms with Gasteiger partial charge in [0.1, 0.15) is 0 Å². The predicted molar refractivity (Wildman–Crippen MR) is 57.3 cm³/mol. The smallest absolute Gasteiger partial charge is 0.315 e. The number of urea groups is 1. The molecular formula is C10H14N2OS. The molecule has 1 aromatic rings. The first-order chi connectivity index (χ1) is 6.84. The fraction of sp³-hybridized carbons (Fsp3) is 0.500. The molecule has 2 amide bonds. The van der Waals surface area contributed by atoms with Gasteiger partial charge in [-0.3, -0.25) is 0 Å². The molecule has 4 heteroatoms. The van der Waals surface area contributed by atoms with Gasteiger partial charge in [0, 0.05) is 10.9 Å². The van der Waals surface area contributed by atoms with Crippen molar-refractivity contribution in [3.63, 3.8) is 0 Å². The number of rotatable bonds is 3. The second kappa shape index (κ2) is 4.46. The van der Waals surface area contributed by atoms with Crippen molar-refractivity contribution < 1.29 is 4.79 Å². The monoisotopic (exact) mass is 210 g/mol. The van der Waals surface area contributed by atoms with Gasteiger partial charge in [0.15, 0.2) is 0 Å². The predicted octanol–water partition coefficient (Wildman–Crippen LogP) is 2.10. The van der Waals surface area contributed by atoms with E-state index in [1.165, 1.54) is 11.3 Å². The van der Waals surface area contributed by atoms with E-state index >= 15 is 0 Å². The van der Waals surface area contributed by atoms with Gasteiger partial charge in [-0.1, -0.05) is 6.07 Å². The van der Waals surface area contributed by atoms with E-state index in [1.807, 2.05) is 17.5 Å². The number of hydrogen-bond acceptors (Lipinski definition) is 2. The van der Waals surface area contributed by atoms with Crippen LogP contribution in [0.25, 0.3) is 0 Å². The van der Waals surface area contributed by atoms with Crippen LogP contribution in [0, 0.1) is 0 Å². The number of nitrogens with one attached hydrogen (secondary N) is 2. The molecule has 0 aliphatic heterocycles. The Labute approximate surface area is 87.5 Å². The lowest BCUT2D eigenvalue weighted by Crippen LogP contribution is -2.44. The third-order valence-corrected chi connectivity index (χ3v) is 3.32. The summed E-state index contributed by atoms with van der Waals surface area (Å²) >= 11 is 1.66. The Bertz CT molecular complexity index is 293. The second-order valence-corrected chi connectivity index (χ2v) is 4.57. The van der Waals surface area contributed by atoms with Crippen LogP contribution in [0.2, 0.25) is 0 Å². The van der Waals surface area contributed by atoms with Crippen LogP contribution in [0.15, 0.2) is 17.5 Å². The molecular weight excluding hydrogens is 196 g/mol. The number of carbonyl (C=O) groups excluding carboxylic acids is 1. The molecule has 0 unspecified atom stereocenters. The molecule has 0 radical (unpaired) electrons. The van der Waals surface area contributed by atoms with E-state index in [1.54, 1.807) is 11.3 Å². The highest BCUT2D eigenvalue weighted by atomic mass is 32.1. The largest absolute Gasteiger partial charge is 0.335 e. The summed E-state index contributed by atoms with van der Waals surface area (Å²) in [7, 11) is 0. The number of carbonyl (C=O) groups is 1. The Morgan fingerprint density at radius 3 is 3.00 bits per heavy atom. The minimum atomic E-state index is -0.0388. The maximum Gasteiger partial charge on any atom is 0.315 e. The molecule has 3 nitrogen and oxygen atoms in total. The molecule has 0 aromatic carbocycles. The van der Waals surface area contributed by atoms with Gasteiger partial charge in [0.25, 0.3) is 0 Å². The lowest BCUT2D eigenvalue weighted by molar-refractivity contribution is 0.228. The zero-order valence-corrected chi connectivity index (χ0v) is 8.77. The molecule has 1 heterocycles. The maximum absolute atomic E-state index is 11.3. The molecule has 1 aliphatic rings. The highest BCUT2D eigenvalue weighted by Gasteiger charge is 2.18. The third kappa shape index (κ3) is 2.48. The summed E-state index contributed by atoms with van der Waals surface area (Å²) in [6, 6.07) is 4.39. The van der Waals surface area contributed by atoms with Gasteiger partial charge in [0.05, 0.1) is 6.54 Å². The summed E-state index contributed by atoms with van der Waals surface area (Å²) in [5, 5.41) is 7.79. The molecule has 0 bridgehead atoms. The van der Waals surface area contributed by atoms with Crippen molar-refractivity contribution in [2.24, 2.45) is 0 Å². The highest BCUT2D eigenvalue weighted by Crippen LogP contribution is 2.17. The molecule has 76 valence electrons. The first-order valence-corrected chi connectivity index (χ1v) is 5.79. The Kier molecular flexibility index (Phi) is 3.03. The lowest BCUT2D eigenvalue weighted by Gasteiger charge is -2.26. The van der Waals surface area contributed by atoms with Gasteiger partial charge in [-0.05, 0) is 30.7 Å². The standard InChI is InChI=1S/C10H14N2OS/c13-10(12-8-3-1-4-8)11-7-9-5-2-6-14-9/h2,5-6,8H,1,3-4,7H2,(H2,11,12,13). The van der Waals surface area contributed by atoms with Crippen LogP contribution in [-0.4, -0.2) is 12.1 Å². The van der Waals surface area contributed by atoms with Crippen LogP contribution in [0.5, 0.6) is 0 Å². The third-order valence-electron chi connectivity index (χ3n) is 2.44. The van der Waals surface area contributed by atoms with Crippen LogP contribution in [0.1, 0.15) is 24.1 Å². The zero-order valence-electron chi connectivity index (χ0n) is 7.95. The molecule has 2 rings (SSSR count). The molecule has 0 atom stereocenters. The van der Waals surface area contributed by atoms with Crippen molar-refractivity contribution in [2.45, 2.75) is 31.8 Å². The Morgan fingerprint density at radius 1 is 1.57 bits per heavy atom. The minimum absolute atomic E-state index is 0.0388. The average Bonchev–Trinajstić information content (AvgIpc) is 2.60. The van der Waals surface area contributed by atoms with Crippen LogP contribution >= 0.6 is 11.3 Å². The van der Waals surface area contributed by atoms with Gasteiger partial charge in [-0.2, -0.15) is 0 Å². The van der Waals surface area contributed by atoms with E-state index in [2.05, 4.69) is 10.6 Å². The summed E-state index contributed by atoms with van der Waals surface area (Å²) in [6.07, 6.45) is 3.51. The Balaban J connectivity index is 1.67. The summed E-state index contributed by atoms with van der Waals surface area (Å²) in [5.74, 6) is 0. The van der Waals surface area contributed by atoms with E-state index in [4.69, 9.17) is 0 Å². The van der Waals surface area contributed by atoms with Gasteiger partial charge >= 0.3 is 6.03 Å². The fourth-order valence-electron chi connectivity index (χ4n) is 1.37.